The molecule has 3 heteroatoms. The largest absolute Gasteiger partial charge is 0.297 e. The highest BCUT2D eigenvalue weighted by atomic mass is 15.2. The van der Waals surface area contributed by atoms with Crippen molar-refractivity contribution in [2.24, 2.45) is 5.92 Å². The minimum atomic E-state index is -0.274. The van der Waals surface area contributed by atoms with Gasteiger partial charge in [0.25, 0.3) is 0 Å². The fraction of sp³-hybridized carbons (Fsp3) is 0.944. The molecule has 3 rings (SSSR count). The van der Waals surface area contributed by atoms with Gasteiger partial charge >= 0.3 is 0 Å². The van der Waals surface area contributed by atoms with Crippen molar-refractivity contribution in [1.29, 1.82) is 5.26 Å². The lowest BCUT2D eigenvalue weighted by molar-refractivity contribution is 0.0814. The molecule has 0 aromatic rings. The van der Waals surface area contributed by atoms with Gasteiger partial charge < -0.3 is 0 Å². The van der Waals surface area contributed by atoms with E-state index in [1.54, 1.807) is 0 Å². The highest BCUT2D eigenvalue weighted by Crippen LogP contribution is 2.41. The van der Waals surface area contributed by atoms with Crippen molar-refractivity contribution in [2.75, 3.05) is 6.54 Å². The molecule has 1 N–H and O–H groups in total. The van der Waals surface area contributed by atoms with E-state index in [2.05, 4.69) is 30.1 Å². The zero-order chi connectivity index (χ0) is 14.9. The summed E-state index contributed by atoms with van der Waals surface area (Å²) in [5.41, 5.74) is -0.274. The molecule has 3 fully saturated rings. The SMILES string of the molecule is CC(C)NC1(C#N)CCCC(N2CCC3CCCCC32)C1. The normalized spacial score (nSPS) is 41.0. The van der Waals surface area contributed by atoms with Crippen LogP contribution in [0.3, 0.4) is 0 Å². The molecule has 21 heavy (non-hydrogen) atoms. The molecule has 2 saturated carbocycles. The van der Waals surface area contributed by atoms with Crippen molar-refractivity contribution >= 4 is 0 Å². The lowest BCUT2D eigenvalue weighted by atomic mass is 9.78. The van der Waals surface area contributed by atoms with Crippen LogP contribution in [-0.2, 0) is 0 Å². The Kier molecular flexibility index (Phi) is 4.57. The molecule has 0 spiro atoms. The first kappa shape index (κ1) is 15.3. The molecule has 3 aliphatic rings. The second-order valence-corrected chi connectivity index (χ2v) is 7.88. The third-order valence-corrected chi connectivity index (χ3v) is 6.03. The van der Waals surface area contributed by atoms with E-state index in [0.29, 0.717) is 12.1 Å². The summed E-state index contributed by atoms with van der Waals surface area (Å²) >= 11 is 0. The van der Waals surface area contributed by atoms with Crippen LogP contribution < -0.4 is 5.32 Å². The van der Waals surface area contributed by atoms with Crippen molar-refractivity contribution < 1.29 is 0 Å². The van der Waals surface area contributed by atoms with Crippen LogP contribution in [0.1, 0.15) is 71.6 Å². The minimum Gasteiger partial charge on any atom is -0.297 e. The van der Waals surface area contributed by atoms with Gasteiger partial charge in [0.15, 0.2) is 0 Å². The minimum absolute atomic E-state index is 0.274. The van der Waals surface area contributed by atoms with Crippen LogP contribution in [0.2, 0.25) is 0 Å². The smallest absolute Gasteiger partial charge is 0.108 e. The Hall–Kier alpha value is -0.590. The van der Waals surface area contributed by atoms with E-state index in [0.717, 1.165) is 24.8 Å². The molecule has 1 heterocycles. The second-order valence-electron chi connectivity index (χ2n) is 7.88. The summed E-state index contributed by atoms with van der Waals surface area (Å²) in [4.78, 5) is 2.80. The Bertz CT molecular complexity index is 400. The van der Waals surface area contributed by atoms with Crippen molar-refractivity contribution in [3.05, 3.63) is 0 Å². The lowest BCUT2D eigenvalue weighted by Crippen LogP contribution is -2.55. The van der Waals surface area contributed by atoms with Gasteiger partial charge in [-0.05, 0) is 71.3 Å². The molecule has 118 valence electrons. The molecule has 4 atom stereocenters. The van der Waals surface area contributed by atoms with Gasteiger partial charge in [-0.15, -0.1) is 0 Å². The fourth-order valence-corrected chi connectivity index (χ4v) is 5.24. The molecule has 0 amide bonds. The number of nitrogens with zero attached hydrogens (tertiary/aromatic N) is 2. The molecular weight excluding hydrogens is 258 g/mol. The van der Waals surface area contributed by atoms with E-state index in [-0.39, 0.29) is 5.54 Å². The van der Waals surface area contributed by atoms with Gasteiger partial charge in [-0.2, -0.15) is 5.26 Å². The van der Waals surface area contributed by atoms with Crippen molar-refractivity contribution in [3.63, 3.8) is 0 Å². The van der Waals surface area contributed by atoms with Gasteiger partial charge in [0, 0.05) is 18.1 Å². The van der Waals surface area contributed by atoms with Crippen LogP contribution in [0.5, 0.6) is 0 Å². The summed E-state index contributed by atoms with van der Waals surface area (Å²) in [6, 6.07) is 4.50. The number of nitrogens with one attached hydrogen (secondary N) is 1. The topological polar surface area (TPSA) is 39.1 Å². The predicted octanol–water partition coefficient (Wildman–Crippen LogP) is 3.45. The van der Waals surface area contributed by atoms with Crippen molar-refractivity contribution in [1.82, 2.24) is 10.2 Å². The maximum absolute atomic E-state index is 9.75. The molecule has 1 aliphatic heterocycles. The second kappa shape index (κ2) is 6.26. The van der Waals surface area contributed by atoms with E-state index in [1.807, 2.05) is 0 Å². The predicted molar refractivity (Wildman–Crippen MR) is 85.9 cm³/mol. The number of hydrogen-bond acceptors (Lipinski definition) is 3. The zero-order valence-corrected chi connectivity index (χ0v) is 13.8. The Balaban J connectivity index is 1.69. The van der Waals surface area contributed by atoms with E-state index in [9.17, 15) is 5.26 Å². The van der Waals surface area contributed by atoms with Crippen LogP contribution in [0.15, 0.2) is 0 Å². The molecule has 1 saturated heterocycles. The number of hydrogen-bond donors (Lipinski definition) is 1. The molecular formula is C18H31N3. The Labute approximate surface area is 130 Å². The average Bonchev–Trinajstić information content (AvgIpc) is 2.91. The molecule has 3 nitrogen and oxygen atoms in total. The number of fused-ring (bicyclic) bond motifs is 1. The molecule has 0 aromatic heterocycles. The summed E-state index contributed by atoms with van der Waals surface area (Å²) in [5.74, 6) is 0.954. The van der Waals surface area contributed by atoms with Crippen LogP contribution in [0.4, 0.5) is 0 Å². The lowest BCUT2D eigenvalue weighted by Gasteiger charge is -2.44. The van der Waals surface area contributed by atoms with Gasteiger partial charge in [-0.1, -0.05) is 12.8 Å². The fourth-order valence-electron chi connectivity index (χ4n) is 5.24. The third kappa shape index (κ3) is 3.12. The van der Waals surface area contributed by atoms with E-state index >= 15 is 0 Å². The summed E-state index contributed by atoms with van der Waals surface area (Å²) in [6.45, 7) is 5.61. The molecule has 0 radical (unpaired) electrons. The average molecular weight is 289 g/mol. The van der Waals surface area contributed by atoms with Crippen LogP contribution in [0.25, 0.3) is 0 Å². The van der Waals surface area contributed by atoms with Crippen molar-refractivity contribution in [3.8, 4) is 6.07 Å². The third-order valence-electron chi connectivity index (χ3n) is 6.03. The van der Waals surface area contributed by atoms with Gasteiger partial charge in [-0.3, -0.25) is 10.2 Å². The molecule has 0 bridgehead atoms. The summed E-state index contributed by atoms with van der Waals surface area (Å²) in [7, 11) is 0. The maximum Gasteiger partial charge on any atom is 0.108 e. The quantitative estimate of drug-likeness (QED) is 0.865. The maximum atomic E-state index is 9.75. The van der Waals surface area contributed by atoms with Gasteiger partial charge in [-0.25, -0.2) is 0 Å². The van der Waals surface area contributed by atoms with Crippen LogP contribution in [0, 0.1) is 17.2 Å². The highest BCUT2D eigenvalue weighted by Gasteiger charge is 2.44. The highest BCUT2D eigenvalue weighted by molar-refractivity contribution is 5.12. The van der Waals surface area contributed by atoms with Crippen molar-refractivity contribution in [2.45, 2.75) is 95.3 Å². The molecule has 0 aromatic carbocycles. The number of likely N-dealkylation sites (tertiary alicyclic amines) is 1. The first-order chi connectivity index (χ1) is 10.1. The zero-order valence-electron chi connectivity index (χ0n) is 13.8. The molecule has 4 unspecified atom stereocenters. The van der Waals surface area contributed by atoms with Gasteiger partial charge in [0.2, 0.25) is 0 Å². The molecule has 2 aliphatic carbocycles. The Morgan fingerprint density at radius 1 is 1.14 bits per heavy atom. The summed E-state index contributed by atoms with van der Waals surface area (Å²) < 4.78 is 0. The van der Waals surface area contributed by atoms with Gasteiger partial charge in [0.05, 0.1) is 6.07 Å². The Morgan fingerprint density at radius 3 is 2.71 bits per heavy atom. The Morgan fingerprint density at radius 2 is 1.95 bits per heavy atom. The van der Waals surface area contributed by atoms with E-state index < -0.39 is 0 Å². The summed E-state index contributed by atoms with van der Waals surface area (Å²) in [6.07, 6.45) is 11.7. The van der Waals surface area contributed by atoms with Crippen LogP contribution in [-0.4, -0.2) is 35.1 Å². The number of rotatable bonds is 3. The first-order valence-electron chi connectivity index (χ1n) is 9.08. The monoisotopic (exact) mass is 289 g/mol. The number of nitriles is 1. The van der Waals surface area contributed by atoms with Crippen LogP contribution >= 0.6 is 0 Å². The van der Waals surface area contributed by atoms with E-state index in [1.165, 1.54) is 51.5 Å². The van der Waals surface area contributed by atoms with E-state index in [4.69, 9.17) is 0 Å². The first-order valence-corrected chi connectivity index (χ1v) is 9.08. The van der Waals surface area contributed by atoms with Gasteiger partial charge in [0.1, 0.15) is 5.54 Å². The summed E-state index contributed by atoms with van der Waals surface area (Å²) in [5, 5.41) is 13.3. The standard InChI is InChI=1S/C18H31N3/c1-14(2)20-18(13-19)10-5-7-16(12-18)21-11-9-15-6-3-4-8-17(15)21/h14-17,20H,3-12H2,1-2H3.